The lowest BCUT2D eigenvalue weighted by Gasteiger charge is -2.24. The molecule has 2 N–H and O–H groups in total. The van der Waals surface area contributed by atoms with E-state index in [1.54, 1.807) is 32.9 Å². The van der Waals surface area contributed by atoms with E-state index >= 15 is 0 Å². The topological polar surface area (TPSA) is 95.6 Å². The summed E-state index contributed by atoms with van der Waals surface area (Å²) in [6.45, 7) is 4.50. The first-order valence-electron chi connectivity index (χ1n) is 9.55. The average molecular weight is 506 g/mol. The monoisotopic (exact) mass is 505 g/mol. The van der Waals surface area contributed by atoms with Gasteiger partial charge in [-0.05, 0) is 51.1 Å². The van der Waals surface area contributed by atoms with E-state index in [1.165, 1.54) is 12.1 Å². The summed E-state index contributed by atoms with van der Waals surface area (Å²) in [5.41, 5.74) is -1.92. The first kappa shape index (κ1) is 26.5. The molecule has 2 amide bonds. The number of benzene rings is 2. The second-order valence-electron chi connectivity index (χ2n) is 8.23. The lowest BCUT2D eigenvalue weighted by atomic mass is 10.1. The zero-order valence-corrected chi connectivity index (χ0v) is 19.8. The number of hydrogen-bond acceptors (Lipinski definition) is 4. The fourth-order valence-corrected chi connectivity index (χ4v) is 3.88. The number of carbonyl (C=O) groups excluding carboxylic acids is 2. The first-order valence-corrected chi connectivity index (χ1v) is 11.8. The molecule has 0 saturated heterocycles. The summed E-state index contributed by atoms with van der Waals surface area (Å²) in [6, 6.07) is 8.60. The molecule has 2 aromatic rings. The number of nitrogens with zero attached hydrogens (tertiary/aromatic N) is 1. The van der Waals surface area contributed by atoms with E-state index in [0.29, 0.717) is 10.4 Å². The van der Waals surface area contributed by atoms with Crippen molar-refractivity contribution in [1.29, 1.82) is 0 Å². The molecule has 0 spiro atoms. The van der Waals surface area contributed by atoms with Crippen LogP contribution in [0.1, 0.15) is 36.7 Å². The van der Waals surface area contributed by atoms with Crippen molar-refractivity contribution < 1.29 is 31.2 Å². The molecule has 12 heteroatoms. The van der Waals surface area contributed by atoms with Crippen molar-refractivity contribution in [2.45, 2.75) is 32.5 Å². The molecular formula is C21H23ClF3N3O4S. The van der Waals surface area contributed by atoms with Gasteiger partial charge in [-0.25, -0.2) is 8.42 Å². The van der Waals surface area contributed by atoms with Crippen molar-refractivity contribution in [2.75, 3.05) is 22.4 Å². The van der Waals surface area contributed by atoms with Gasteiger partial charge < -0.3 is 10.6 Å². The predicted octanol–water partition coefficient (Wildman–Crippen LogP) is 4.29. The molecule has 0 radical (unpaired) electrons. The third-order valence-electron chi connectivity index (χ3n) is 4.17. The third kappa shape index (κ3) is 7.36. The van der Waals surface area contributed by atoms with E-state index in [-0.39, 0.29) is 16.9 Å². The van der Waals surface area contributed by atoms with E-state index < -0.39 is 50.7 Å². The molecule has 0 heterocycles. The minimum absolute atomic E-state index is 0.116. The number of amides is 2. The van der Waals surface area contributed by atoms with Crippen LogP contribution in [0, 0.1) is 0 Å². The number of anilines is 2. The summed E-state index contributed by atoms with van der Waals surface area (Å²) in [5, 5.41) is 4.59. The van der Waals surface area contributed by atoms with Gasteiger partial charge in [-0.15, -0.1) is 0 Å². The Kier molecular flexibility index (Phi) is 7.70. The SMILES string of the molecule is CC(C)(C)NC(=O)c1ccccc1NC(=O)CN(c1ccc(Cl)c(C(F)(F)F)c1)S(C)(=O)=O. The van der Waals surface area contributed by atoms with Gasteiger partial charge in [-0.2, -0.15) is 13.2 Å². The highest BCUT2D eigenvalue weighted by Crippen LogP contribution is 2.37. The number of carbonyl (C=O) groups is 2. The van der Waals surface area contributed by atoms with Crippen LogP contribution in [0.25, 0.3) is 0 Å². The van der Waals surface area contributed by atoms with Crippen molar-refractivity contribution >= 4 is 44.8 Å². The van der Waals surface area contributed by atoms with Gasteiger partial charge in [-0.1, -0.05) is 23.7 Å². The highest BCUT2D eigenvalue weighted by Gasteiger charge is 2.34. The molecule has 180 valence electrons. The van der Waals surface area contributed by atoms with Crippen molar-refractivity contribution in [3.05, 3.63) is 58.6 Å². The van der Waals surface area contributed by atoms with Gasteiger partial charge in [0.15, 0.2) is 0 Å². The van der Waals surface area contributed by atoms with Gasteiger partial charge in [0.1, 0.15) is 6.54 Å². The number of nitrogens with one attached hydrogen (secondary N) is 2. The standard InChI is InChI=1S/C21H23ClF3N3O4S/c1-20(2,3)27-19(30)14-7-5-6-8-17(14)26-18(29)12-28(33(4,31)32)13-9-10-16(22)15(11-13)21(23,24)25/h5-11H,12H2,1-4H3,(H,26,29)(H,27,30). The molecule has 0 unspecified atom stereocenters. The zero-order valence-electron chi connectivity index (χ0n) is 18.2. The lowest BCUT2D eigenvalue weighted by Crippen LogP contribution is -2.41. The number of rotatable bonds is 6. The van der Waals surface area contributed by atoms with E-state index in [0.717, 1.165) is 18.4 Å². The van der Waals surface area contributed by atoms with Gasteiger partial charge in [0.25, 0.3) is 5.91 Å². The number of alkyl halides is 3. The van der Waals surface area contributed by atoms with Gasteiger partial charge in [0, 0.05) is 5.54 Å². The number of hydrogen-bond donors (Lipinski definition) is 2. The van der Waals surface area contributed by atoms with Gasteiger partial charge in [-0.3, -0.25) is 13.9 Å². The van der Waals surface area contributed by atoms with Gasteiger partial charge in [0.2, 0.25) is 15.9 Å². The molecule has 0 fully saturated rings. The van der Waals surface area contributed by atoms with Crippen LogP contribution < -0.4 is 14.9 Å². The Bertz CT molecular complexity index is 1160. The minimum Gasteiger partial charge on any atom is -0.347 e. The number of para-hydroxylation sites is 1. The van der Waals surface area contributed by atoms with Crippen LogP contribution in [0.2, 0.25) is 5.02 Å². The minimum atomic E-state index is -4.82. The summed E-state index contributed by atoms with van der Waals surface area (Å²) in [4.78, 5) is 25.2. The Morgan fingerprint density at radius 3 is 2.21 bits per heavy atom. The van der Waals surface area contributed by atoms with Crippen LogP contribution in [0.5, 0.6) is 0 Å². The van der Waals surface area contributed by atoms with E-state index in [1.807, 2.05) is 0 Å². The molecule has 0 aliphatic heterocycles. The van der Waals surface area contributed by atoms with Crippen molar-refractivity contribution in [3.8, 4) is 0 Å². The summed E-state index contributed by atoms with van der Waals surface area (Å²) in [5.74, 6) is -1.33. The molecule has 0 aromatic heterocycles. The van der Waals surface area contributed by atoms with Crippen LogP contribution in [-0.4, -0.2) is 38.6 Å². The highest BCUT2D eigenvalue weighted by molar-refractivity contribution is 7.92. The first-order chi connectivity index (χ1) is 15.0. The smallest absolute Gasteiger partial charge is 0.347 e. The van der Waals surface area contributed by atoms with Crippen molar-refractivity contribution in [3.63, 3.8) is 0 Å². The van der Waals surface area contributed by atoms with E-state index in [2.05, 4.69) is 10.6 Å². The molecule has 33 heavy (non-hydrogen) atoms. The van der Waals surface area contributed by atoms with Gasteiger partial charge >= 0.3 is 6.18 Å². The maximum absolute atomic E-state index is 13.2. The molecule has 2 aromatic carbocycles. The molecule has 0 atom stereocenters. The molecule has 0 aliphatic rings. The zero-order chi connectivity index (χ0) is 25.2. The molecule has 2 rings (SSSR count). The fourth-order valence-electron chi connectivity index (χ4n) is 2.80. The quantitative estimate of drug-likeness (QED) is 0.612. The summed E-state index contributed by atoms with van der Waals surface area (Å²) < 4.78 is 64.7. The Hall–Kier alpha value is -2.79. The molecule has 7 nitrogen and oxygen atoms in total. The second-order valence-corrected chi connectivity index (χ2v) is 10.5. The van der Waals surface area contributed by atoms with Crippen molar-refractivity contribution in [2.24, 2.45) is 0 Å². The summed E-state index contributed by atoms with van der Waals surface area (Å²) >= 11 is 5.60. The number of halogens is 4. The normalized spacial score (nSPS) is 12.2. The average Bonchev–Trinajstić information content (AvgIpc) is 2.64. The Balaban J connectivity index is 2.34. The Labute approximate surface area is 195 Å². The summed E-state index contributed by atoms with van der Waals surface area (Å²) in [6.07, 6.45) is -4.06. The largest absolute Gasteiger partial charge is 0.417 e. The number of sulfonamides is 1. The third-order valence-corrected chi connectivity index (χ3v) is 5.64. The predicted molar refractivity (Wildman–Crippen MR) is 121 cm³/mol. The molecule has 0 bridgehead atoms. The van der Waals surface area contributed by atoms with Crippen LogP contribution >= 0.6 is 11.6 Å². The molecular weight excluding hydrogens is 483 g/mol. The van der Waals surface area contributed by atoms with Crippen LogP contribution in [-0.2, 0) is 21.0 Å². The van der Waals surface area contributed by atoms with Crippen molar-refractivity contribution in [1.82, 2.24) is 5.32 Å². The molecule has 0 saturated carbocycles. The van der Waals surface area contributed by atoms with Crippen LogP contribution in [0.3, 0.4) is 0 Å². The highest BCUT2D eigenvalue weighted by atomic mass is 35.5. The fraction of sp³-hybridized carbons (Fsp3) is 0.333. The van der Waals surface area contributed by atoms with Gasteiger partial charge in [0.05, 0.1) is 33.8 Å². The molecule has 0 aliphatic carbocycles. The van der Waals surface area contributed by atoms with Crippen LogP contribution in [0.15, 0.2) is 42.5 Å². The van der Waals surface area contributed by atoms with E-state index in [9.17, 15) is 31.2 Å². The maximum atomic E-state index is 13.2. The summed E-state index contributed by atoms with van der Waals surface area (Å²) in [7, 11) is -4.15. The maximum Gasteiger partial charge on any atom is 0.417 e. The second kappa shape index (κ2) is 9.60. The van der Waals surface area contributed by atoms with E-state index in [4.69, 9.17) is 11.6 Å². The lowest BCUT2D eigenvalue weighted by molar-refractivity contribution is -0.137. The Morgan fingerprint density at radius 1 is 1.06 bits per heavy atom. The Morgan fingerprint density at radius 2 is 1.67 bits per heavy atom. The van der Waals surface area contributed by atoms with Crippen LogP contribution in [0.4, 0.5) is 24.5 Å².